The summed E-state index contributed by atoms with van der Waals surface area (Å²) < 4.78 is 11.1. The summed E-state index contributed by atoms with van der Waals surface area (Å²) in [6.07, 6.45) is 2.75. The second-order valence-electron chi connectivity index (χ2n) is 8.24. The summed E-state index contributed by atoms with van der Waals surface area (Å²) in [4.78, 5) is 35.2. The van der Waals surface area contributed by atoms with Gasteiger partial charge in [-0.15, -0.1) is 0 Å². The number of methoxy groups -OCH3 is 2. The zero-order valence-corrected chi connectivity index (χ0v) is 19.8. The predicted molar refractivity (Wildman–Crippen MR) is 125 cm³/mol. The van der Waals surface area contributed by atoms with Gasteiger partial charge in [0, 0.05) is 64.1 Å². The maximum Gasteiger partial charge on any atom is 0.222 e. The molecule has 0 saturated carbocycles. The van der Waals surface area contributed by atoms with E-state index in [1.807, 2.05) is 53.9 Å². The van der Waals surface area contributed by atoms with Crippen LogP contribution in [-0.2, 0) is 16.1 Å². The van der Waals surface area contributed by atoms with Crippen molar-refractivity contribution in [1.82, 2.24) is 14.8 Å². The van der Waals surface area contributed by atoms with Gasteiger partial charge in [0.25, 0.3) is 0 Å². The van der Waals surface area contributed by atoms with E-state index in [-0.39, 0.29) is 11.8 Å². The Morgan fingerprint density at radius 1 is 1.19 bits per heavy atom. The summed E-state index contributed by atoms with van der Waals surface area (Å²) in [6.45, 7) is 4.42. The van der Waals surface area contributed by atoms with E-state index in [2.05, 4.69) is 0 Å². The zero-order chi connectivity index (χ0) is 23.3. The molecule has 1 aliphatic rings. The Labute approximate surface area is 190 Å². The van der Waals surface area contributed by atoms with Crippen LogP contribution in [0.5, 0.6) is 11.5 Å². The number of benzene rings is 1. The molecule has 0 bridgehead atoms. The molecule has 2 amide bonds. The van der Waals surface area contributed by atoms with Crippen molar-refractivity contribution in [2.24, 2.45) is 0 Å². The van der Waals surface area contributed by atoms with Gasteiger partial charge in [-0.1, -0.05) is 6.92 Å². The normalized spacial score (nSPS) is 13.5. The van der Waals surface area contributed by atoms with Crippen molar-refractivity contribution in [3.63, 3.8) is 0 Å². The Kier molecular flexibility index (Phi) is 7.77. The van der Waals surface area contributed by atoms with Crippen LogP contribution in [-0.4, -0.2) is 74.5 Å². The minimum Gasteiger partial charge on any atom is -0.496 e. The second kappa shape index (κ2) is 10.5. The molecular formula is C24H34N4O4. The maximum absolute atomic E-state index is 12.7. The van der Waals surface area contributed by atoms with Gasteiger partial charge >= 0.3 is 0 Å². The lowest BCUT2D eigenvalue weighted by atomic mass is 10.1. The number of likely N-dealkylation sites (tertiary alicyclic amines) is 1. The van der Waals surface area contributed by atoms with Gasteiger partial charge in [-0.3, -0.25) is 9.59 Å². The standard InChI is InChI=1S/C24H34N4O4/c1-6-21(29)28(14-8-13-27-12-7-9-22(27)30)16-17-15-18-19(31-4)10-11-20(32-5)23(18)25-24(17)26(2)3/h10-11,15H,6-9,12-14,16H2,1-5H3. The summed E-state index contributed by atoms with van der Waals surface area (Å²) in [5.74, 6) is 2.47. The Bertz CT molecular complexity index is 976. The highest BCUT2D eigenvalue weighted by atomic mass is 16.5. The van der Waals surface area contributed by atoms with Crippen LogP contribution in [0, 0.1) is 0 Å². The summed E-state index contributed by atoms with van der Waals surface area (Å²) in [5.41, 5.74) is 1.66. The van der Waals surface area contributed by atoms with E-state index in [1.54, 1.807) is 14.2 Å². The van der Waals surface area contributed by atoms with Gasteiger partial charge in [-0.25, -0.2) is 4.98 Å². The van der Waals surface area contributed by atoms with Crippen molar-refractivity contribution < 1.29 is 19.1 Å². The molecule has 1 aromatic carbocycles. The van der Waals surface area contributed by atoms with Crippen molar-refractivity contribution in [3.05, 3.63) is 23.8 Å². The average molecular weight is 443 g/mol. The molecule has 0 unspecified atom stereocenters. The number of rotatable bonds is 10. The molecular weight excluding hydrogens is 408 g/mol. The summed E-state index contributed by atoms with van der Waals surface area (Å²) in [7, 11) is 7.14. The fraction of sp³-hybridized carbons (Fsp3) is 0.542. The van der Waals surface area contributed by atoms with Gasteiger partial charge in [0.1, 0.15) is 22.8 Å². The molecule has 2 aromatic rings. The molecule has 0 aliphatic carbocycles. The number of anilines is 1. The van der Waals surface area contributed by atoms with E-state index in [1.165, 1.54) is 0 Å². The molecule has 174 valence electrons. The van der Waals surface area contributed by atoms with E-state index in [0.717, 1.165) is 41.7 Å². The third-order valence-electron chi connectivity index (χ3n) is 5.87. The third kappa shape index (κ3) is 5.06. The topological polar surface area (TPSA) is 75.2 Å². The Morgan fingerprint density at radius 2 is 1.91 bits per heavy atom. The molecule has 8 nitrogen and oxygen atoms in total. The van der Waals surface area contributed by atoms with Crippen LogP contribution >= 0.6 is 0 Å². The largest absolute Gasteiger partial charge is 0.496 e. The lowest BCUT2D eigenvalue weighted by molar-refractivity contribution is -0.131. The lowest BCUT2D eigenvalue weighted by Gasteiger charge is -2.26. The molecule has 1 aromatic heterocycles. The van der Waals surface area contributed by atoms with Crippen molar-refractivity contribution in [3.8, 4) is 11.5 Å². The molecule has 0 radical (unpaired) electrons. The fourth-order valence-corrected chi connectivity index (χ4v) is 4.20. The molecule has 0 spiro atoms. The smallest absolute Gasteiger partial charge is 0.222 e. The molecule has 1 saturated heterocycles. The molecule has 1 aliphatic heterocycles. The third-order valence-corrected chi connectivity index (χ3v) is 5.87. The number of carbonyl (C=O) groups is 2. The molecule has 8 heteroatoms. The van der Waals surface area contributed by atoms with Gasteiger partial charge in [-0.2, -0.15) is 0 Å². The van der Waals surface area contributed by atoms with Crippen LogP contribution in [0.2, 0.25) is 0 Å². The Hall–Kier alpha value is -3.03. The summed E-state index contributed by atoms with van der Waals surface area (Å²) in [5, 5.41) is 0.846. The Balaban J connectivity index is 1.90. The average Bonchev–Trinajstić information content (AvgIpc) is 3.20. The number of hydrogen-bond donors (Lipinski definition) is 0. The number of pyridine rings is 1. The second-order valence-corrected chi connectivity index (χ2v) is 8.24. The van der Waals surface area contributed by atoms with Crippen molar-refractivity contribution >= 4 is 28.5 Å². The maximum atomic E-state index is 12.7. The van der Waals surface area contributed by atoms with E-state index in [9.17, 15) is 9.59 Å². The molecule has 2 heterocycles. The minimum atomic E-state index is 0.0835. The highest BCUT2D eigenvalue weighted by Crippen LogP contribution is 2.35. The van der Waals surface area contributed by atoms with Crippen molar-refractivity contribution in [2.45, 2.75) is 39.2 Å². The lowest BCUT2D eigenvalue weighted by Crippen LogP contribution is -2.34. The monoisotopic (exact) mass is 442 g/mol. The van der Waals surface area contributed by atoms with Crippen LogP contribution in [0.4, 0.5) is 5.82 Å². The van der Waals surface area contributed by atoms with Gasteiger partial charge in [0.05, 0.1) is 14.2 Å². The minimum absolute atomic E-state index is 0.0835. The summed E-state index contributed by atoms with van der Waals surface area (Å²) >= 11 is 0. The van der Waals surface area contributed by atoms with Gasteiger partial charge < -0.3 is 24.2 Å². The van der Waals surface area contributed by atoms with E-state index in [4.69, 9.17) is 14.5 Å². The van der Waals surface area contributed by atoms with Crippen molar-refractivity contribution in [1.29, 1.82) is 0 Å². The number of carbonyl (C=O) groups excluding carboxylic acids is 2. The first kappa shape index (κ1) is 23.6. The number of fused-ring (bicyclic) bond motifs is 1. The number of aromatic nitrogens is 1. The zero-order valence-electron chi connectivity index (χ0n) is 19.8. The van der Waals surface area contributed by atoms with E-state index in [0.29, 0.717) is 44.0 Å². The first-order valence-electron chi connectivity index (χ1n) is 11.2. The van der Waals surface area contributed by atoms with Gasteiger partial charge in [0.15, 0.2) is 0 Å². The molecule has 32 heavy (non-hydrogen) atoms. The molecule has 0 atom stereocenters. The molecule has 3 rings (SSSR count). The molecule has 0 N–H and O–H groups in total. The van der Waals surface area contributed by atoms with E-state index < -0.39 is 0 Å². The first-order chi connectivity index (χ1) is 15.4. The van der Waals surface area contributed by atoms with Gasteiger partial charge in [-0.05, 0) is 31.0 Å². The Morgan fingerprint density at radius 3 is 2.50 bits per heavy atom. The van der Waals surface area contributed by atoms with Gasteiger partial charge in [0.2, 0.25) is 11.8 Å². The number of ether oxygens (including phenoxy) is 2. The number of amides is 2. The van der Waals surface area contributed by atoms with Crippen LogP contribution in [0.1, 0.15) is 38.2 Å². The van der Waals surface area contributed by atoms with Crippen LogP contribution < -0.4 is 14.4 Å². The summed E-state index contributed by atoms with van der Waals surface area (Å²) in [6, 6.07) is 5.75. The first-order valence-corrected chi connectivity index (χ1v) is 11.2. The van der Waals surface area contributed by atoms with Crippen molar-refractivity contribution in [2.75, 3.05) is 52.8 Å². The fourth-order valence-electron chi connectivity index (χ4n) is 4.20. The number of hydrogen-bond acceptors (Lipinski definition) is 6. The van der Waals surface area contributed by atoms with Crippen LogP contribution in [0.3, 0.4) is 0 Å². The molecule has 1 fully saturated rings. The highest BCUT2D eigenvalue weighted by Gasteiger charge is 2.22. The van der Waals surface area contributed by atoms with Crippen LogP contribution in [0.15, 0.2) is 18.2 Å². The van der Waals surface area contributed by atoms with Crippen LogP contribution in [0.25, 0.3) is 10.9 Å². The predicted octanol–water partition coefficient (Wildman–Crippen LogP) is 3.07. The SMILES string of the molecule is CCC(=O)N(CCCN1CCCC1=O)Cc1cc2c(OC)ccc(OC)c2nc1N(C)C. The number of nitrogens with zero attached hydrogens (tertiary/aromatic N) is 4. The van der Waals surface area contributed by atoms with E-state index >= 15 is 0 Å². The highest BCUT2D eigenvalue weighted by molar-refractivity contribution is 5.92. The quantitative estimate of drug-likeness (QED) is 0.563.